The molecule has 3 amide bonds. The Morgan fingerprint density at radius 2 is 1.77 bits per heavy atom. The first-order valence-corrected chi connectivity index (χ1v) is 15.0. The van der Waals surface area contributed by atoms with Crippen molar-refractivity contribution in [3.8, 4) is 5.75 Å². The van der Waals surface area contributed by atoms with Crippen LogP contribution in [0.3, 0.4) is 0 Å². The molecule has 8 nitrogen and oxygen atoms in total. The van der Waals surface area contributed by atoms with Crippen LogP contribution in [0.25, 0.3) is 0 Å². The van der Waals surface area contributed by atoms with Gasteiger partial charge >= 0.3 is 0 Å². The zero-order chi connectivity index (χ0) is 28.8. The number of thioether (sulfide) groups is 1. The molecular formula is C31H39N3O5S. The largest absolute Gasteiger partial charge is 0.494 e. The van der Waals surface area contributed by atoms with Crippen LogP contribution in [0.15, 0.2) is 42.5 Å². The van der Waals surface area contributed by atoms with Gasteiger partial charge in [0.15, 0.2) is 0 Å². The van der Waals surface area contributed by atoms with Gasteiger partial charge in [0.1, 0.15) is 11.8 Å². The summed E-state index contributed by atoms with van der Waals surface area (Å²) >= 11 is 1.62. The summed E-state index contributed by atoms with van der Waals surface area (Å²) in [4.78, 5) is 43.8. The molecule has 214 valence electrons. The molecule has 3 fully saturated rings. The van der Waals surface area contributed by atoms with E-state index >= 15 is 0 Å². The second-order valence-corrected chi connectivity index (χ2v) is 13.1. The molecule has 0 radical (unpaired) electrons. The average molecular weight is 566 g/mol. The maximum absolute atomic E-state index is 14.3. The SMILES string of the molecule is CCOc1ccc(NC(=O)[C@@H]2[C@H]3C(=O)N([C@@H](CO)C(C)C)C(C(=O)Nc4c(C)cccc4C)C34CC[C@H]2S4)cc1. The van der Waals surface area contributed by atoms with Crippen LogP contribution < -0.4 is 15.4 Å². The summed E-state index contributed by atoms with van der Waals surface area (Å²) in [6.07, 6.45) is 1.42. The van der Waals surface area contributed by atoms with Crippen LogP contribution in [0.5, 0.6) is 5.75 Å². The molecule has 3 N–H and O–H groups in total. The van der Waals surface area contributed by atoms with Gasteiger partial charge in [-0.05, 0) is 74.9 Å². The molecule has 3 aliphatic rings. The molecule has 3 aliphatic heterocycles. The highest BCUT2D eigenvalue weighted by molar-refractivity contribution is 8.02. The number of ether oxygens (including phenoxy) is 1. The maximum atomic E-state index is 14.3. The second kappa shape index (κ2) is 11.1. The number of carbonyl (C=O) groups excluding carboxylic acids is 3. The highest BCUT2D eigenvalue weighted by atomic mass is 32.2. The van der Waals surface area contributed by atoms with Gasteiger partial charge in [0.2, 0.25) is 17.7 Å². The highest BCUT2D eigenvalue weighted by Crippen LogP contribution is 2.67. The van der Waals surface area contributed by atoms with E-state index in [1.165, 1.54) is 0 Å². The third kappa shape index (κ3) is 4.67. The Hall–Kier alpha value is -3.04. The van der Waals surface area contributed by atoms with Crippen molar-refractivity contribution in [2.24, 2.45) is 17.8 Å². The number of amides is 3. The van der Waals surface area contributed by atoms with Gasteiger partial charge in [0.25, 0.3) is 0 Å². The number of hydrogen-bond donors (Lipinski definition) is 3. The van der Waals surface area contributed by atoms with Crippen LogP contribution in [-0.2, 0) is 14.4 Å². The van der Waals surface area contributed by atoms with Crippen molar-refractivity contribution in [2.75, 3.05) is 23.8 Å². The Bertz CT molecular complexity index is 1280. The zero-order valence-corrected chi connectivity index (χ0v) is 24.6. The van der Waals surface area contributed by atoms with Crippen LogP contribution in [0, 0.1) is 31.6 Å². The molecule has 0 aromatic heterocycles. The third-order valence-corrected chi connectivity index (χ3v) is 10.7. The lowest BCUT2D eigenvalue weighted by Gasteiger charge is -2.38. The van der Waals surface area contributed by atoms with Crippen LogP contribution in [0.2, 0.25) is 0 Å². The molecule has 2 bridgehead atoms. The normalized spacial score (nSPS) is 27.6. The minimum atomic E-state index is -0.790. The van der Waals surface area contributed by atoms with E-state index in [0.29, 0.717) is 18.7 Å². The standard InChI is InChI=1S/C31H39N3O5S/c1-6-39-21-12-10-20(11-13-21)32-28(36)24-23-14-15-31(40-23)25(24)30(38)34(22(16-35)17(2)3)27(31)29(37)33-26-18(4)8-7-9-19(26)5/h7-13,17,22-25,27,35H,6,14-16H2,1-5H3,(H,32,36)(H,33,37)/t22-,23+,24-,25-,27?,31?/m0/s1. The number of rotatable bonds is 9. The van der Waals surface area contributed by atoms with Gasteiger partial charge < -0.3 is 25.4 Å². The summed E-state index contributed by atoms with van der Waals surface area (Å²) < 4.78 is 4.78. The smallest absolute Gasteiger partial charge is 0.248 e. The molecule has 5 rings (SSSR count). The molecule has 6 atom stereocenters. The van der Waals surface area contributed by atoms with Gasteiger partial charge in [0, 0.05) is 16.6 Å². The summed E-state index contributed by atoms with van der Waals surface area (Å²) in [6, 6.07) is 11.7. The van der Waals surface area contributed by atoms with E-state index in [9.17, 15) is 19.5 Å². The van der Waals surface area contributed by atoms with Gasteiger partial charge in [-0.2, -0.15) is 0 Å². The number of likely N-dealkylation sites (tertiary alicyclic amines) is 1. The van der Waals surface area contributed by atoms with Crippen molar-refractivity contribution in [2.45, 2.75) is 69.5 Å². The number of hydrogen-bond acceptors (Lipinski definition) is 6. The van der Waals surface area contributed by atoms with Gasteiger partial charge in [-0.1, -0.05) is 32.0 Å². The fourth-order valence-corrected chi connectivity index (χ4v) is 9.10. The number of carbonyl (C=O) groups is 3. The van der Waals surface area contributed by atoms with E-state index < -0.39 is 28.7 Å². The van der Waals surface area contributed by atoms with Crippen LogP contribution >= 0.6 is 11.8 Å². The van der Waals surface area contributed by atoms with Crippen LogP contribution in [0.4, 0.5) is 11.4 Å². The van der Waals surface area contributed by atoms with Crippen molar-refractivity contribution in [3.05, 3.63) is 53.6 Å². The Labute approximate surface area is 240 Å². The van der Waals surface area contributed by atoms with E-state index in [2.05, 4.69) is 10.6 Å². The first-order chi connectivity index (χ1) is 19.1. The van der Waals surface area contributed by atoms with Crippen molar-refractivity contribution in [1.29, 1.82) is 0 Å². The van der Waals surface area contributed by atoms with Crippen molar-refractivity contribution in [1.82, 2.24) is 4.90 Å². The summed E-state index contributed by atoms with van der Waals surface area (Å²) in [5.41, 5.74) is 3.26. The van der Waals surface area contributed by atoms with Gasteiger partial charge in [-0.3, -0.25) is 14.4 Å². The fourth-order valence-electron chi connectivity index (χ4n) is 6.90. The molecule has 3 heterocycles. The van der Waals surface area contributed by atoms with Gasteiger partial charge in [-0.15, -0.1) is 11.8 Å². The molecular weight excluding hydrogens is 526 g/mol. The summed E-state index contributed by atoms with van der Waals surface area (Å²) in [5, 5.41) is 16.5. The number of aliphatic hydroxyl groups excluding tert-OH is 1. The quantitative estimate of drug-likeness (QED) is 0.416. The summed E-state index contributed by atoms with van der Waals surface area (Å²) in [7, 11) is 0. The van der Waals surface area contributed by atoms with Crippen LogP contribution in [0.1, 0.15) is 44.7 Å². The molecule has 2 aromatic carbocycles. The van der Waals surface area contributed by atoms with Crippen molar-refractivity contribution >= 4 is 40.9 Å². The lowest BCUT2D eigenvalue weighted by Crippen LogP contribution is -2.56. The number of fused-ring (bicyclic) bond motifs is 1. The molecule has 2 aromatic rings. The predicted molar refractivity (Wildman–Crippen MR) is 157 cm³/mol. The monoisotopic (exact) mass is 565 g/mol. The first-order valence-electron chi connectivity index (χ1n) is 14.1. The van der Waals surface area contributed by atoms with E-state index in [-0.39, 0.29) is 35.5 Å². The van der Waals surface area contributed by atoms with E-state index in [4.69, 9.17) is 4.74 Å². The molecule has 1 spiro atoms. The maximum Gasteiger partial charge on any atom is 0.248 e. The Morgan fingerprint density at radius 1 is 1.10 bits per heavy atom. The van der Waals surface area contributed by atoms with Crippen LogP contribution in [-0.4, -0.2) is 63.0 Å². The number of para-hydroxylation sites is 1. The number of anilines is 2. The number of nitrogens with zero attached hydrogens (tertiary/aromatic N) is 1. The minimum absolute atomic E-state index is 0.0547. The van der Waals surface area contributed by atoms with Gasteiger partial charge in [0.05, 0.1) is 35.8 Å². The molecule has 0 saturated carbocycles. The van der Waals surface area contributed by atoms with E-state index in [0.717, 1.165) is 29.0 Å². The molecule has 40 heavy (non-hydrogen) atoms. The second-order valence-electron chi connectivity index (χ2n) is 11.5. The molecule has 9 heteroatoms. The topological polar surface area (TPSA) is 108 Å². The Morgan fingerprint density at radius 3 is 2.38 bits per heavy atom. The average Bonchev–Trinajstić information content (AvgIpc) is 3.55. The lowest BCUT2D eigenvalue weighted by atomic mass is 9.70. The molecule has 3 saturated heterocycles. The number of benzene rings is 2. The zero-order valence-electron chi connectivity index (χ0n) is 23.8. The first kappa shape index (κ1) is 28.5. The Balaban J connectivity index is 1.49. The molecule has 2 unspecified atom stereocenters. The molecule has 0 aliphatic carbocycles. The van der Waals surface area contributed by atoms with Crippen molar-refractivity contribution in [3.63, 3.8) is 0 Å². The number of aryl methyl sites for hydroxylation is 2. The highest BCUT2D eigenvalue weighted by Gasteiger charge is 2.74. The number of nitrogens with one attached hydrogen (secondary N) is 2. The number of aliphatic hydroxyl groups is 1. The van der Waals surface area contributed by atoms with Crippen molar-refractivity contribution < 1.29 is 24.2 Å². The summed E-state index contributed by atoms with van der Waals surface area (Å²) in [5.74, 6) is -1.23. The predicted octanol–water partition coefficient (Wildman–Crippen LogP) is 4.39. The van der Waals surface area contributed by atoms with E-state index in [1.807, 2.05) is 52.8 Å². The van der Waals surface area contributed by atoms with Gasteiger partial charge in [-0.25, -0.2) is 0 Å². The fraction of sp³-hybridized carbons (Fsp3) is 0.516. The Kier molecular flexibility index (Phi) is 7.90. The minimum Gasteiger partial charge on any atom is -0.494 e. The lowest BCUT2D eigenvalue weighted by molar-refractivity contribution is -0.142. The third-order valence-electron chi connectivity index (χ3n) is 8.77. The van der Waals surface area contributed by atoms with E-state index in [1.54, 1.807) is 40.9 Å². The summed E-state index contributed by atoms with van der Waals surface area (Å²) in [6.45, 7) is 10.00.